The SMILES string of the molecule is CC(=O)OCc1nc2cc(C(=O)Nc3ccccc3O)ccc2n1C1CCOCC1.CC(=O)OCc1nc2ccccc2n1C1CCOCC1.O=C=O. The molecule has 0 aliphatic carbocycles. The first-order valence-electron chi connectivity index (χ1n) is 17.2. The molecule has 15 heteroatoms. The fourth-order valence-electron chi connectivity index (χ4n) is 6.40. The van der Waals surface area contributed by atoms with Gasteiger partial charge in [-0.15, -0.1) is 0 Å². The van der Waals surface area contributed by atoms with E-state index < -0.39 is 0 Å². The minimum atomic E-state index is -0.372. The van der Waals surface area contributed by atoms with Crippen molar-refractivity contribution in [3.8, 4) is 5.75 Å². The van der Waals surface area contributed by atoms with Gasteiger partial charge < -0.3 is 38.5 Å². The van der Waals surface area contributed by atoms with Gasteiger partial charge in [-0.05, 0) is 68.1 Å². The molecule has 0 saturated carbocycles. The number of imidazole rings is 2. The number of phenols is 1. The molecule has 1 amide bonds. The van der Waals surface area contributed by atoms with Gasteiger partial charge in [0, 0.05) is 57.9 Å². The average molecular weight is 728 g/mol. The molecular weight excluding hydrogens is 686 g/mol. The molecule has 0 spiro atoms. The number of hydrogen-bond donors (Lipinski definition) is 2. The van der Waals surface area contributed by atoms with Crippen LogP contribution in [0.1, 0.15) is 73.6 Å². The predicted octanol–water partition coefficient (Wildman–Crippen LogP) is 5.28. The Hall–Kier alpha value is -5.89. The first-order valence-corrected chi connectivity index (χ1v) is 17.2. The number of fused-ring (bicyclic) bond motifs is 2. The van der Waals surface area contributed by atoms with E-state index in [4.69, 9.17) is 28.5 Å². The molecule has 2 saturated heterocycles. The highest BCUT2D eigenvalue weighted by atomic mass is 16.5. The van der Waals surface area contributed by atoms with Crippen LogP contribution in [0.2, 0.25) is 0 Å². The van der Waals surface area contributed by atoms with E-state index in [9.17, 15) is 19.5 Å². The maximum absolute atomic E-state index is 12.7. The van der Waals surface area contributed by atoms with Crippen LogP contribution in [0.15, 0.2) is 66.7 Å². The van der Waals surface area contributed by atoms with Crippen LogP contribution in [-0.2, 0) is 51.3 Å². The molecule has 0 unspecified atom stereocenters. The minimum absolute atomic E-state index is 0.000564. The molecule has 4 heterocycles. The average Bonchev–Trinajstić information content (AvgIpc) is 3.73. The lowest BCUT2D eigenvalue weighted by molar-refractivity contribution is -0.191. The molecule has 53 heavy (non-hydrogen) atoms. The highest BCUT2D eigenvalue weighted by Gasteiger charge is 2.24. The molecular formula is C38H41N5O10. The lowest BCUT2D eigenvalue weighted by atomic mass is 10.1. The Bertz CT molecular complexity index is 2070. The normalized spacial score (nSPS) is 14.6. The monoisotopic (exact) mass is 727 g/mol. The van der Waals surface area contributed by atoms with Gasteiger partial charge in [-0.3, -0.25) is 14.4 Å². The summed E-state index contributed by atoms with van der Waals surface area (Å²) >= 11 is 0. The molecule has 5 aromatic rings. The van der Waals surface area contributed by atoms with E-state index in [0.29, 0.717) is 41.8 Å². The number of nitrogens with one attached hydrogen (secondary N) is 1. The molecule has 2 aliphatic heterocycles. The van der Waals surface area contributed by atoms with Crippen LogP contribution in [-0.4, -0.2) is 74.6 Å². The number of carbonyl (C=O) groups excluding carboxylic acids is 5. The van der Waals surface area contributed by atoms with Gasteiger partial charge in [-0.25, -0.2) is 9.97 Å². The van der Waals surface area contributed by atoms with Crippen LogP contribution in [0, 0.1) is 0 Å². The Labute approximate surface area is 304 Å². The van der Waals surface area contributed by atoms with Crippen molar-refractivity contribution in [3.63, 3.8) is 0 Å². The smallest absolute Gasteiger partial charge is 0.373 e. The Balaban J connectivity index is 0.000000203. The van der Waals surface area contributed by atoms with Crippen LogP contribution in [0.5, 0.6) is 5.75 Å². The van der Waals surface area contributed by atoms with Crippen LogP contribution in [0.3, 0.4) is 0 Å². The molecule has 2 N–H and O–H groups in total. The van der Waals surface area contributed by atoms with Crippen molar-refractivity contribution in [1.82, 2.24) is 19.1 Å². The zero-order valence-corrected chi connectivity index (χ0v) is 29.5. The molecule has 278 valence electrons. The third-order valence-electron chi connectivity index (χ3n) is 8.77. The molecule has 2 aromatic heterocycles. The maximum Gasteiger partial charge on any atom is 0.373 e. The van der Waals surface area contributed by atoms with E-state index in [-0.39, 0.29) is 49.0 Å². The summed E-state index contributed by atoms with van der Waals surface area (Å²) in [6, 6.07) is 20.4. The second-order valence-electron chi connectivity index (χ2n) is 12.3. The second-order valence-corrected chi connectivity index (χ2v) is 12.3. The summed E-state index contributed by atoms with van der Waals surface area (Å²) in [5.74, 6) is 0.456. The van der Waals surface area contributed by atoms with Gasteiger partial charge in [0.15, 0.2) is 0 Å². The van der Waals surface area contributed by atoms with Crippen molar-refractivity contribution < 1.29 is 48.0 Å². The van der Waals surface area contributed by atoms with Crippen molar-refractivity contribution in [2.24, 2.45) is 0 Å². The van der Waals surface area contributed by atoms with Gasteiger partial charge >= 0.3 is 18.1 Å². The summed E-state index contributed by atoms with van der Waals surface area (Å²) in [4.78, 5) is 60.5. The van der Waals surface area contributed by atoms with E-state index in [1.54, 1.807) is 30.3 Å². The third-order valence-corrected chi connectivity index (χ3v) is 8.77. The minimum Gasteiger partial charge on any atom is -0.506 e. The van der Waals surface area contributed by atoms with Gasteiger partial charge in [0.2, 0.25) is 0 Å². The number of ether oxygens (including phenoxy) is 4. The van der Waals surface area contributed by atoms with Crippen molar-refractivity contribution in [1.29, 1.82) is 0 Å². The molecule has 0 radical (unpaired) electrons. The quantitative estimate of drug-likeness (QED) is 0.156. The number of amides is 1. The van der Waals surface area contributed by atoms with E-state index in [0.717, 1.165) is 61.3 Å². The van der Waals surface area contributed by atoms with E-state index in [1.165, 1.54) is 19.9 Å². The van der Waals surface area contributed by atoms with E-state index >= 15 is 0 Å². The lowest BCUT2D eigenvalue weighted by Gasteiger charge is -2.25. The summed E-state index contributed by atoms with van der Waals surface area (Å²) in [5, 5.41) is 12.6. The van der Waals surface area contributed by atoms with Crippen molar-refractivity contribution >= 4 is 51.8 Å². The Morgan fingerprint density at radius 2 is 1.25 bits per heavy atom. The summed E-state index contributed by atoms with van der Waals surface area (Å²) in [5.41, 5.74) is 4.33. The van der Waals surface area contributed by atoms with Crippen molar-refractivity contribution in [2.45, 2.75) is 64.8 Å². The number of aromatic hydroxyl groups is 1. The van der Waals surface area contributed by atoms with Crippen molar-refractivity contribution in [3.05, 3.63) is 83.9 Å². The highest BCUT2D eigenvalue weighted by molar-refractivity contribution is 6.06. The Morgan fingerprint density at radius 1 is 0.755 bits per heavy atom. The molecule has 7 rings (SSSR count). The maximum atomic E-state index is 12.7. The number of aromatic nitrogens is 4. The largest absolute Gasteiger partial charge is 0.506 e. The van der Waals surface area contributed by atoms with Gasteiger partial charge in [0.1, 0.15) is 30.6 Å². The first-order chi connectivity index (χ1) is 25.7. The van der Waals surface area contributed by atoms with Gasteiger partial charge in [0.05, 0.1) is 27.8 Å². The van der Waals surface area contributed by atoms with Crippen molar-refractivity contribution in [2.75, 3.05) is 31.7 Å². The first kappa shape index (κ1) is 38.3. The standard InChI is InChI=1S/C22H23N3O5.C15H18N2O3.CO2/c1-14(26)30-13-21-23-18-12-15(22(28)24-17-4-2-3-5-20(17)27)6-7-19(18)25(21)16-8-10-29-11-9-16;1-11(18)20-10-15-16-13-4-2-3-5-14(13)17(15)12-6-8-19-9-7-12;2-1-3/h2-7,12,16,27H,8-11,13H2,1H3,(H,24,28);2-5,12H,6-10H2,1H3;. The predicted molar refractivity (Wildman–Crippen MR) is 190 cm³/mol. The number of esters is 2. The highest BCUT2D eigenvalue weighted by Crippen LogP contribution is 2.31. The van der Waals surface area contributed by atoms with Gasteiger partial charge in [-0.1, -0.05) is 24.3 Å². The van der Waals surface area contributed by atoms with Gasteiger partial charge in [0.25, 0.3) is 5.91 Å². The number of carbonyl (C=O) groups is 3. The lowest BCUT2D eigenvalue weighted by Crippen LogP contribution is -2.21. The zero-order valence-electron chi connectivity index (χ0n) is 29.5. The third kappa shape index (κ3) is 9.92. The molecule has 0 atom stereocenters. The number of nitrogens with zero attached hydrogens (tertiary/aromatic N) is 4. The fourth-order valence-corrected chi connectivity index (χ4v) is 6.40. The summed E-state index contributed by atoms with van der Waals surface area (Å²) < 4.78 is 25.5. The topological polar surface area (TPSA) is 190 Å². The van der Waals surface area contributed by atoms with Crippen LogP contribution < -0.4 is 5.32 Å². The molecule has 0 bridgehead atoms. The van der Waals surface area contributed by atoms with Crippen LogP contribution >= 0.6 is 0 Å². The molecule has 3 aromatic carbocycles. The zero-order chi connectivity index (χ0) is 37.7. The molecule has 2 fully saturated rings. The number of anilines is 1. The number of hydrogen-bond acceptors (Lipinski definition) is 12. The summed E-state index contributed by atoms with van der Waals surface area (Å²) in [6.07, 6.45) is 3.86. The summed E-state index contributed by atoms with van der Waals surface area (Å²) in [7, 11) is 0. The van der Waals surface area contributed by atoms with Crippen LogP contribution in [0.25, 0.3) is 22.1 Å². The fraction of sp³-hybridized carbons (Fsp3) is 0.368. The Kier molecular flexibility index (Phi) is 13.4. The Morgan fingerprint density at radius 3 is 1.79 bits per heavy atom. The number of benzene rings is 3. The second kappa shape index (κ2) is 18.6. The number of rotatable bonds is 8. The van der Waals surface area contributed by atoms with E-state index in [1.807, 2.05) is 24.3 Å². The number of para-hydroxylation sites is 4. The summed E-state index contributed by atoms with van der Waals surface area (Å²) in [6.45, 7) is 5.94. The van der Waals surface area contributed by atoms with Gasteiger partial charge in [-0.2, -0.15) is 9.59 Å². The van der Waals surface area contributed by atoms with E-state index in [2.05, 4.69) is 30.5 Å². The molecule has 2 aliphatic rings. The van der Waals surface area contributed by atoms with Crippen LogP contribution in [0.4, 0.5) is 5.69 Å². The number of phenolic OH excluding ortho intramolecular Hbond substituents is 1. The molecule has 15 nitrogen and oxygen atoms in total.